The number of hydrogen-bond acceptors (Lipinski definition) is 0. The van der Waals surface area contributed by atoms with Crippen LogP contribution in [0.25, 0.3) is 0 Å². The van der Waals surface area contributed by atoms with Crippen molar-refractivity contribution in [3.63, 3.8) is 0 Å². The van der Waals surface area contributed by atoms with E-state index in [1.165, 1.54) is 12.1 Å². The number of alkyl halides is 1. The highest BCUT2D eigenvalue weighted by Crippen LogP contribution is 2.29. The summed E-state index contributed by atoms with van der Waals surface area (Å²) < 4.78 is 26.2. The van der Waals surface area contributed by atoms with E-state index in [-0.39, 0.29) is 0 Å². The Balaban J connectivity index is 2.20. The van der Waals surface area contributed by atoms with E-state index in [2.05, 4.69) is 0 Å². The first-order valence-corrected chi connectivity index (χ1v) is 6.69. The van der Waals surface area contributed by atoms with Gasteiger partial charge >= 0.3 is 0 Å². The van der Waals surface area contributed by atoms with Gasteiger partial charge in [0.05, 0.1) is 15.4 Å². The smallest absolute Gasteiger partial charge is 0.126 e. The Hall–Kier alpha value is -0.830. The highest BCUT2D eigenvalue weighted by molar-refractivity contribution is 6.42. The largest absolute Gasteiger partial charge is 0.207 e. The Morgan fingerprint density at radius 3 is 2.11 bits per heavy atom. The van der Waals surface area contributed by atoms with Gasteiger partial charge in [0.2, 0.25) is 0 Å². The maximum Gasteiger partial charge on any atom is 0.126 e. The van der Waals surface area contributed by atoms with Crippen molar-refractivity contribution in [2.45, 2.75) is 11.8 Å². The predicted molar refractivity (Wildman–Crippen MR) is 75.1 cm³/mol. The minimum absolute atomic E-state index is 0.394. The van der Waals surface area contributed by atoms with E-state index in [0.717, 1.165) is 11.6 Å². The van der Waals surface area contributed by atoms with Gasteiger partial charge in [-0.3, -0.25) is 0 Å². The molecule has 0 bridgehead atoms. The van der Waals surface area contributed by atoms with Crippen LogP contribution in [0.4, 0.5) is 8.78 Å². The SMILES string of the molecule is Fc1cc(F)cc(C(Cl)Cc2ccc(Cl)c(Cl)c2)c1. The van der Waals surface area contributed by atoms with Gasteiger partial charge in [0.25, 0.3) is 0 Å². The van der Waals surface area contributed by atoms with E-state index in [1.54, 1.807) is 18.2 Å². The van der Waals surface area contributed by atoms with Crippen LogP contribution in [-0.2, 0) is 6.42 Å². The van der Waals surface area contributed by atoms with E-state index in [4.69, 9.17) is 34.8 Å². The molecule has 0 fully saturated rings. The van der Waals surface area contributed by atoms with Gasteiger partial charge in [0, 0.05) is 6.07 Å². The first-order valence-electron chi connectivity index (χ1n) is 5.49. The lowest BCUT2D eigenvalue weighted by Crippen LogP contribution is -1.98. The fraction of sp³-hybridized carbons (Fsp3) is 0.143. The van der Waals surface area contributed by atoms with Gasteiger partial charge in [-0.25, -0.2) is 8.78 Å². The minimum atomic E-state index is -0.644. The highest BCUT2D eigenvalue weighted by atomic mass is 35.5. The van der Waals surface area contributed by atoms with E-state index in [9.17, 15) is 8.78 Å². The Morgan fingerprint density at radius 2 is 1.53 bits per heavy atom. The van der Waals surface area contributed by atoms with Crippen molar-refractivity contribution in [1.29, 1.82) is 0 Å². The summed E-state index contributed by atoms with van der Waals surface area (Å²) in [7, 11) is 0. The normalized spacial score (nSPS) is 12.5. The molecule has 19 heavy (non-hydrogen) atoms. The Kier molecular flexibility index (Phi) is 4.67. The third-order valence-electron chi connectivity index (χ3n) is 2.65. The zero-order valence-electron chi connectivity index (χ0n) is 9.64. The molecular weight excluding hydrogens is 313 g/mol. The molecule has 2 aromatic carbocycles. The predicted octanol–water partition coefficient (Wildman–Crippen LogP) is 5.79. The Bertz CT molecular complexity index is 579. The quantitative estimate of drug-likeness (QED) is 0.627. The van der Waals surface area contributed by atoms with E-state index in [0.29, 0.717) is 22.0 Å². The van der Waals surface area contributed by atoms with Crippen LogP contribution in [0.15, 0.2) is 36.4 Å². The second-order valence-electron chi connectivity index (χ2n) is 4.12. The molecule has 0 N–H and O–H groups in total. The Morgan fingerprint density at radius 1 is 0.895 bits per heavy atom. The summed E-state index contributed by atoms with van der Waals surface area (Å²) in [5.41, 5.74) is 1.24. The molecule has 0 amide bonds. The van der Waals surface area contributed by atoms with Crippen LogP contribution in [0, 0.1) is 11.6 Å². The van der Waals surface area contributed by atoms with Crippen molar-refractivity contribution in [3.8, 4) is 0 Å². The zero-order valence-corrected chi connectivity index (χ0v) is 11.9. The van der Waals surface area contributed by atoms with Gasteiger partial charge in [0.15, 0.2) is 0 Å². The topological polar surface area (TPSA) is 0 Å². The molecule has 1 atom stereocenters. The molecule has 0 radical (unpaired) electrons. The molecule has 0 spiro atoms. The first-order chi connectivity index (χ1) is 8.95. The van der Waals surface area contributed by atoms with Crippen molar-refractivity contribution in [2.75, 3.05) is 0 Å². The van der Waals surface area contributed by atoms with Gasteiger partial charge in [-0.05, 0) is 41.8 Å². The molecule has 0 aliphatic carbocycles. The maximum absolute atomic E-state index is 13.1. The summed E-state index contributed by atoms with van der Waals surface area (Å²) in [5, 5.41) is 0.337. The molecule has 0 aliphatic rings. The summed E-state index contributed by atoms with van der Waals surface area (Å²) in [6.07, 6.45) is 0.404. The van der Waals surface area contributed by atoms with Gasteiger partial charge in [0.1, 0.15) is 11.6 Å². The number of rotatable bonds is 3. The molecule has 0 saturated carbocycles. The summed E-state index contributed by atoms with van der Waals surface area (Å²) >= 11 is 17.9. The van der Waals surface area contributed by atoms with Crippen LogP contribution < -0.4 is 0 Å². The molecule has 0 saturated heterocycles. The third kappa shape index (κ3) is 3.82. The minimum Gasteiger partial charge on any atom is -0.207 e. The summed E-state index contributed by atoms with van der Waals surface area (Å²) in [4.78, 5) is 0. The average molecular weight is 322 g/mol. The monoisotopic (exact) mass is 320 g/mol. The standard InChI is InChI=1S/C14H9Cl3F2/c15-12-2-1-8(4-14(12)17)3-13(16)9-5-10(18)7-11(19)6-9/h1-2,4-7,13H,3H2. The van der Waals surface area contributed by atoms with Gasteiger partial charge < -0.3 is 0 Å². The molecule has 2 rings (SSSR count). The lowest BCUT2D eigenvalue weighted by molar-refractivity contribution is 0.579. The van der Waals surface area contributed by atoms with Crippen molar-refractivity contribution in [2.24, 2.45) is 0 Å². The molecule has 2 aromatic rings. The summed E-state index contributed by atoms with van der Waals surface area (Å²) in [6, 6.07) is 8.38. The molecule has 0 nitrogen and oxygen atoms in total. The summed E-state index contributed by atoms with van der Waals surface area (Å²) in [6.45, 7) is 0. The van der Waals surface area contributed by atoms with E-state index < -0.39 is 17.0 Å². The van der Waals surface area contributed by atoms with Gasteiger partial charge in [-0.1, -0.05) is 29.3 Å². The molecule has 100 valence electrons. The fourth-order valence-electron chi connectivity index (χ4n) is 1.75. The lowest BCUT2D eigenvalue weighted by Gasteiger charge is -2.11. The third-order valence-corrected chi connectivity index (χ3v) is 3.79. The first kappa shape index (κ1) is 14.6. The van der Waals surface area contributed by atoms with Crippen LogP contribution in [-0.4, -0.2) is 0 Å². The van der Waals surface area contributed by atoms with Crippen molar-refractivity contribution in [3.05, 3.63) is 69.2 Å². The number of halogens is 5. The van der Waals surface area contributed by atoms with Gasteiger partial charge in [-0.2, -0.15) is 0 Å². The lowest BCUT2D eigenvalue weighted by atomic mass is 10.0. The fourth-order valence-corrected chi connectivity index (χ4v) is 2.37. The molecule has 0 aromatic heterocycles. The second kappa shape index (κ2) is 6.08. The second-order valence-corrected chi connectivity index (χ2v) is 5.46. The van der Waals surface area contributed by atoms with Crippen LogP contribution in [0.1, 0.15) is 16.5 Å². The van der Waals surface area contributed by atoms with Crippen LogP contribution in [0.5, 0.6) is 0 Å². The number of hydrogen-bond donors (Lipinski definition) is 0. The van der Waals surface area contributed by atoms with Crippen molar-refractivity contribution < 1.29 is 8.78 Å². The highest BCUT2D eigenvalue weighted by Gasteiger charge is 2.12. The molecular formula is C14H9Cl3F2. The molecule has 0 aliphatic heterocycles. The molecule has 1 unspecified atom stereocenters. The maximum atomic E-state index is 13.1. The van der Waals surface area contributed by atoms with E-state index in [1.807, 2.05) is 0 Å². The van der Waals surface area contributed by atoms with Crippen LogP contribution in [0.2, 0.25) is 10.0 Å². The Labute approximate surface area is 124 Å². The average Bonchev–Trinajstić information content (AvgIpc) is 2.32. The molecule has 0 heterocycles. The molecule has 5 heteroatoms. The van der Waals surface area contributed by atoms with Crippen molar-refractivity contribution in [1.82, 2.24) is 0 Å². The number of benzene rings is 2. The van der Waals surface area contributed by atoms with Crippen LogP contribution >= 0.6 is 34.8 Å². The van der Waals surface area contributed by atoms with E-state index >= 15 is 0 Å². The zero-order chi connectivity index (χ0) is 14.0. The summed E-state index contributed by atoms with van der Waals surface area (Å²) in [5.74, 6) is -1.29. The van der Waals surface area contributed by atoms with Crippen molar-refractivity contribution >= 4 is 34.8 Å². The van der Waals surface area contributed by atoms with Gasteiger partial charge in [-0.15, -0.1) is 11.6 Å². The van der Waals surface area contributed by atoms with Crippen LogP contribution in [0.3, 0.4) is 0 Å².